The fourth-order valence-corrected chi connectivity index (χ4v) is 4.64. The van der Waals surface area contributed by atoms with Crippen LogP contribution in [0.15, 0.2) is 5.38 Å². The van der Waals surface area contributed by atoms with Crippen molar-refractivity contribution in [1.82, 2.24) is 15.2 Å². The van der Waals surface area contributed by atoms with Crippen LogP contribution in [0.1, 0.15) is 56.7 Å². The van der Waals surface area contributed by atoms with Gasteiger partial charge in [-0.25, -0.2) is 9.78 Å². The van der Waals surface area contributed by atoms with Crippen molar-refractivity contribution in [2.24, 2.45) is 17.8 Å². The van der Waals surface area contributed by atoms with Gasteiger partial charge in [0.2, 0.25) is 0 Å². The van der Waals surface area contributed by atoms with Crippen molar-refractivity contribution in [2.45, 2.75) is 64.5 Å². The first kappa shape index (κ1) is 16.1. The van der Waals surface area contributed by atoms with Crippen LogP contribution >= 0.6 is 11.3 Å². The van der Waals surface area contributed by atoms with Crippen molar-refractivity contribution in [3.63, 3.8) is 0 Å². The third-order valence-corrected chi connectivity index (χ3v) is 6.41. The zero-order valence-corrected chi connectivity index (χ0v) is 15.2. The predicted octanol–water partition coefficient (Wildman–Crippen LogP) is 3.34. The largest absolute Gasteiger partial charge is 0.325 e. The van der Waals surface area contributed by atoms with Gasteiger partial charge >= 0.3 is 6.03 Å². The molecule has 2 saturated carbocycles. The number of rotatable bonds is 7. The molecule has 0 bridgehead atoms. The van der Waals surface area contributed by atoms with Crippen LogP contribution in [0.25, 0.3) is 0 Å². The van der Waals surface area contributed by atoms with Gasteiger partial charge in [-0.2, -0.15) is 0 Å². The topological polar surface area (TPSA) is 62.3 Å². The first-order valence-electron chi connectivity index (χ1n) is 9.08. The lowest BCUT2D eigenvalue weighted by Crippen LogP contribution is -2.51. The molecule has 1 aromatic rings. The average molecular weight is 347 g/mol. The minimum absolute atomic E-state index is 0.00534. The summed E-state index contributed by atoms with van der Waals surface area (Å²) in [5.41, 5.74) is 0.248. The van der Waals surface area contributed by atoms with Gasteiger partial charge in [0.15, 0.2) is 0 Å². The zero-order valence-electron chi connectivity index (χ0n) is 14.4. The molecular weight excluding hydrogens is 322 g/mol. The highest BCUT2D eigenvalue weighted by atomic mass is 32.1. The second kappa shape index (κ2) is 5.83. The number of aromatic nitrogens is 1. The summed E-state index contributed by atoms with van der Waals surface area (Å²) < 4.78 is 0. The van der Waals surface area contributed by atoms with Crippen molar-refractivity contribution in [1.29, 1.82) is 0 Å². The molecule has 1 saturated heterocycles. The van der Waals surface area contributed by atoms with E-state index < -0.39 is 5.54 Å². The van der Waals surface area contributed by atoms with Crippen molar-refractivity contribution in [3.05, 3.63) is 16.1 Å². The second-order valence-electron chi connectivity index (χ2n) is 7.90. The highest BCUT2D eigenvalue weighted by molar-refractivity contribution is 7.09. The highest BCUT2D eigenvalue weighted by Crippen LogP contribution is 2.54. The summed E-state index contributed by atoms with van der Waals surface area (Å²) >= 11 is 1.63. The number of amides is 3. The van der Waals surface area contributed by atoms with E-state index in [0.29, 0.717) is 24.3 Å². The van der Waals surface area contributed by atoms with Crippen LogP contribution in [0.4, 0.5) is 4.79 Å². The number of carbonyl (C=O) groups is 2. The summed E-state index contributed by atoms with van der Waals surface area (Å²) in [7, 11) is 0. The van der Waals surface area contributed by atoms with Crippen molar-refractivity contribution in [3.8, 4) is 0 Å². The van der Waals surface area contributed by atoms with Crippen LogP contribution in [0, 0.1) is 17.8 Å². The lowest BCUT2D eigenvalue weighted by atomic mass is 9.87. The van der Waals surface area contributed by atoms with Gasteiger partial charge in [0, 0.05) is 5.38 Å². The van der Waals surface area contributed by atoms with Crippen LogP contribution in [0.5, 0.6) is 0 Å². The molecule has 1 aliphatic heterocycles. The van der Waals surface area contributed by atoms with Crippen LogP contribution in [0.2, 0.25) is 0 Å². The van der Waals surface area contributed by atoms with Gasteiger partial charge in [-0.15, -0.1) is 11.3 Å². The quantitative estimate of drug-likeness (QED) is 0.770. The van der Waals surface area contributed by atoms with Gasteiger partial charge in [0.05, 0.1) is 17.2 Å². The van der Waals surface area contributed by atoms with Gasteiger partial charge in [-0.1, -0.05) is 13.8 Å². The van der Waals surface area contributed by atoms with Gasteiger partial charge in [0.25, 0.3) is 5.91 Å². The van der Waals surface area contributed by atoms with E-state index in [2.05, 4.69) is 24.1 Å². The number of aryl methyl sites for hydroxylation is 1. The molecule has 0 atom stereocenters. The smallest absolute Gasteiger partial charge is 0.323 e. The highest BCUT2D eigenvalue weighted by Gasteiger charge is 2.65. The average Bonchev–Trinajstić information content (AvgIpc) is 3.45. The number of carbonyl (C=O) groups excluding carboxylic acids is 2. The molecule has 4 rings (SSSR count). The Balaban J connectivity index is 1.47. The Morgan fingerprint density at radius 1 is 1.29 bits per heavy atom. The Morgan fingerprint density at radius 3 is 2.54 bits per heavy atom. The van der Waals surface area contributed by atoms with E-state index in [1.54, 1.807) is 11.3 Å². The number of hydrogen-bond acceptors (Lipinski definition) is 4. The van der Waals surface area contributed by atoms with Crippen LogP contribution in [-0.2, 0) is 17.8 Å². The van der Waals surface area contributed by atoms with E-state index in [1.807, 2.05) is 5.38 Å². The summed E-state index contributed by atoms with van der Waals surface area (Å²) in [5, 5.41) is 6.16. The summed E-state index contributed by atoms with van der Waals surface area (Å²) in [6.45, 7) is 4.72. The Morgan fingerprint density at radius 2 is 1.96 bits per heavy atom. The van der Waals surface area contributed by atoms with Gasteiger partial charge < -0.3 is 5.32 Å². The molecule has 3 aliphatic rings. The van der Waals surface area contributed by atoms with Crippen LogP contribution < -0.4 is 5.32 Å². The molecule has 0 aromatic carbocycles. The normalized spacial score (nSPS) is 23.2. The Bertz CT molecular complexity index is 649. The van der Waals surface area contributed by atoms with E-state index in [0.717, 1.165) is 49.2 Å². The predicted molar refractivity (Wildman–Crippen MR) is 92.5 cm³/mol. The molecule has 130 valence electrons. The minimum atomic E-state index is -0.590. The number of urea groups is 1. The van der Waals surface area contributed by atoms with Crippen LogP contribution in [-0.4, -0.2) is 27.4 Å². The summed E-state index contributed by atoms with van der Waals surface area (Å²) in [6, 6.07) is -0.226. The van der Waals surface area contributed by atoms with E-state index >= 15 is 0 Å². The molecule has 3 amide bonds. The lowest BCUT2D eigenvalue weighted by Gasteiger charge is -2.26. The fourth-order valence-electron chi connectivity index (χ4n) is 3.83. The molecule has 0 unspecified atom stereocenters. The molecule has 5 nitrogen and oxygen atoms in total. The summed E-state index contributed by atoms with van der Waals surface area (Å²) in [5.74, 6) is 1.35. The number of hydrogen-bond donors (Lipinski definition) is 1. The molecule has 3 fully saturated rings. The molecule has 24 heavy (non-hydrogen) atoms. The van der Waals surface area contributed by atoms with Gasteiger partial charge in [-0.3, -0.25) is 9.69 Å². The molecule has 6 heteroatoms. The molecule has 0 spiro atoms. The first-order valence-corrected chi connectivity index (χ1v) is 9.96. The Hall–Kier alpha value is -1.43. The first-order chi connectivity index (χ1) is 11.5. The maximum absolute atomic E-state index is 13.0. The van der Waals surface area contributed by atoms with Crippen molar-refractivity contribution in [2.75, 3.05) is 0 Å². The zero-order chi connectivity index (χ0) is 16.9. The maximum Gasteiger partial charge on any atom is 0.325 e. The SMILES string of the molecule is CC(C)CCc1nc(CN2C(=O)NC(C3CC3)(C3CC3)C2=O)cs1. The summed E-state index contributed by atoms with van der Waals surface area (Å²) in [4.78, 5) is 31.5. The molecular formula is C18H25N3O2S. The second-order valence-corrected chi connectivity index (χ2v) is 8.85. The summed E-state index contributed by atoms with van der Waals surface area (Å²) in [6.07, 6.45) is 6.33. The fraction of sp³-hybridized carbons (Fsp3) is 0.722. The minimum Gasteiger partial charge on any atom is -0.323 e. The number of imide groups is 1. The molecule has 0 radical (unpaired) electrons. The van der Waals surface area contributed by atoms with Crippen LogP contribution in [0.3, 0.4) is 0 Å². The molecule has 2 aliphatic carbocycles. The third-order valence-electron chi connectivity index (χ3n) is 5.46. The monoisotopic (exact) mass is 347 g/mol. The van der Waals surface area contributed by atoms with Crippen molar-refractivity contribution < 1.29 is 9.59 Å². The van der Waals surface area contributed by atoms with Gasteiger partial charge in [0.1, 0.15) is 5.54 Å². The molecule has 1 N–H and O–H groups in total. The number of thiazole rings is 1. The van der Waals surface area contributed by atoms with Gasteiger partial charge in [-0.05, 0) is 56.3 Å². The Labute approximate surface area is 146 Å². The van der Waals surface area contributed by atoms with E-state index in [4.69, 9.17) is 0 Å². The molecule has 1 aromatic heterocycles. The van der Waals surface area contributed by atoms with E-state index in [9.17, 15) is 9.59 Å². The lowest BCUT2D eigenvalue weighted by molar-refractivity contribution is -0.133. The number of nitrogens with one attached hydrogen (secondary N) is 1. The maximum atomic E-state index is 13.0. The van der Waals surface area contributed by atoms with E-state index in [-0.39, 0.29) is 11.9 Å². The third kappa shape index (κ3) is 2.75. The standard InChI is InChI=1S/C18H25N3O2S/c1-11(2)3-8-15-19-14(10-24-15)9-21-16(22)18(12-4-5-12,13-6-7-13)20-17(21)23/h10-13H,3-9H2,1-2H3,(H,20,23). The molecule has 2 heterocycles. The van der Waals surface area contributed by atoms with E-state index in [1.165, 1.54) is 4.90 Å². The number of nitrogens with zero attached hydrogens (tertiary/aromatic N) is 2. The Kier molecular flexibility index (Phi) is 3.90. The van der Waals surface area contributed by atoms with Crippen molar-refractivity contribution >= 4 is 23.3 Å².